The summed E-state index contributed by atoms with van der Waals surface area (Å²) >= 11 is 2.79. The average molecular weight is 406 g/mol. The first kappa shape index (κ1) is 19.8. The quantitative estimate of drug-likeness (QED) is 0.445. The van der Waals surface area contributed by atoms with Gasteiger partial charge >= 0.3 is 5.97 Å². The molecular weight excluding hydrogens is 382 g/mol. The van der Waals surface area contributed by atoms with E-state index in [1.54, 1.807) is 6.92 Å². The van der Waals surface area contributed by atoms with Gasteiger partial charge in [-0.25, -0.2) is 14.8 Å². The van der Waals surface area contributed by atoms with Crippen molar-refractivity contribution in [3.63, 3.8) is 0 Å². The Hall–Kier alpha value is -1.93. The summed E-state index contributed by atoms with van der Waals surface area (Å²) in [4.78, 5) is 34.8. The predicted molar refractivity (Wildman–Crippen MR) is 108 cm³/mol. The lowest BCUT2D eigenvalue weighted by atomic mass is 9.95. The first-order valence-electron chi connectivity index (χ1n) is 9.04. The summed E-state index contributed by atoms with van der Waals surface area (Å²) < 4.78 is 5.22. The van der Waals surface area contributed by atoms with Crippen LogP contribution in [0.4, 0.5) is 5.00 Å². The van der Waals surface area contributed by atoms with Crippen molar-refractivity contribution < 1.29 is 14.3 Å². The third-order valence-electron chi connectivity index (χ3n) is 4.20. The molecule has 0 aliphatic heterocycles. The smallest absolute Gasteiger partial charge is 0.341 e. The predicted octanol–water partition coefficient (Wildman–Crippen LogP) is 3.94. The van der Waals surface area contributed by atoms with Crippen molar-refractivity contribution in [1.82, 2.24) is 9.97 Å². The standard InChI is InChI=1S/C19H23N3O3S2/c1-4-25-18(24)16-13-7-5-6-8-14(13)27-17(16)22-15(23)10-26-19-20-11(2)9-12(3)21-19/h9H,4-8,10H2,1-3H3,(H,22,23). The minimum Gasteiger partial charge on any atom is -0.462 e. The van der Waals surface area contributed by atoms with Gasteiger partial charge in [0.05, 0.1) is 17.9 Å². The molecule has 2 aromatic rings. The van der Waals surface area contributed by atoms with Gasteiger partial charge in [0.25, 0.3) is 0 Å². The third-order valence-corrected chi connectivity index (χ3v) is 6.25. The van der Waals surface area contributed by atoms with Gasteiger partial charge in [0, 0.05) is 16.3 Å². The van der Waals surface area contributed by atoms with Gasteiger partial charge in [0.2, 0.25) is 5.91 Å². The number of esters is 1. The number of ether oxygens (including phenoxy) is 1. The first-order chi connectivity index (χ1) is 13.0. The first-order valence-corrected chi connectivity index (χ1v) is 10.8. The molecule has 0 aromatic carbocycles. The van der Waals surface area contributed by atoms with Gasteiger partial charge < -0.3 is 10.1 Å². The molecule has 2 aromatic heterocycles. The van der Waals surface area contributed by atoms with Crippen LogP contribution in [-0.2, 0) is 22.4 Å². The molecule has 0 bridgehead atoms. The molecule has 0 fully saturated rings. The highest BCUT2D eigenvalue weighted by Crippen LogP contribution is 2.38. The topological polar surface area (TPSA) is 81.2 Å². The molecule has 0 radical (unpaired) electrons. The summed E-state index contributed by atoms with van der Waals surface area (Å²) in [7, 11) is 0. The Labute approximate surface area is 167 Å². The lowest BCUT2D eigenvalue weighted by Crippen LogP contribution is -2.17. The van der Waals surface area contributed by atoms with Crippen molar-refractivity contribution in [2.75, 3.05) is 17.7 Å². The molecule has 8 heteroatoms. The van der Waals surface area contributed by atoms with Crippen LogP contribution in [0.1, 0.15) is 52.0 Å². The molecule has 1 aliphatic rings. The van der Waals surface area contributed by atoms with E-state index in [-0.39, 0.29) is 17.6 Å². The van der Waals surface area contributed by atoms with E-state index in [1.807, 2.05) is 19.9 Å². The van der Waals surface area contributed by atoms with Crippen LogP contribution in [-0.4, -0.2) is 34.2 Å². The van der Waals surface area contributed by atoms with Crippen LogP contribution in [0, 0.1) is 13.8 Å². The fraction of sp³-hybridized carbons (Fsp3) is 0.474. The van der Waals surface area contributed by atoms with E-state index in [4.69, 9.17) is 4.74 Å². The maximum Gasteiger partial charge on any atom is 0.341 e. The minimum absolute atomic E-state index is 0.174. The van der Waals surface area contributed by atoms with Gasteiger partial charge in [-0.1, -0.05) is 11.8 Å². The summed E-state index contributed by atoms with van der Waals surface area (Å²) in [6.45, 7) is 5.91. The summed E-state index contributed by atoms with van der Waals surface area (Å²) in [5.41, 5.74) is 3.34. The SMILES string of the molecule is CCOC(=O)c1c(NC(=O)CSc2nc(C)cc(C)n2)sc2c1CCCC2. The maximum atomic E-state index is 12.5. The number of thioether (sulfide) groups is 1. The van der Waals surface area contributed by atoms with E-state index in [2.05, 4.69) is 15.3 Å². The molecule has 0 spiro atoms. The van der Waals surface area contributed by atoms with Crippen LogP contribution in [0.5, 0.6) is 0 Å². The Balaban J connectivity index is 1.73. The number of thiophene rings is 1. The van der Waals surface area contributed by atoms with Gasteiger partial charge in [0.15, 0.2) is 5.16 Å². The number of fused-ring (bicyclic) bond motifs is 1. The Bertz CT molecular complexity index is 844. The molecule has 0 unspecified atom stereocenters. The zero-order chi connectivity index (χ0) is 19.4. The van der Waals surface area contributed by atoms with Gasteiger partial charge in [-0.15, -0.1) is 11.3 Å². The Kier molecular flexibility index (Phi) is 6.49. The molecule has 0 saturated heterocycles. The number of nitrogens with zero attached hydrogens (tertiary/aromatic N) is 2. The molecular formula is C19H23N3O3S2. The molecule has 0 atom stereocenters. The van der Waals surface area contributed by atoms with Crippen molar-refractivity contribution in [1.29, 1.82) is 0 Å². The molecule has 0 saturated carbocycles. The lowest BCUT2D eigenvalue weighted by molar-refractivity contribution is -0.113. The van der Waals surface area contributed by atoms with Crippen LogP contribution in [0.2, 0.25) is 0 Å². The van der Waals surface area contributed by atoms with E-state index in [0.29, 0.717) is 22.3 Å². The van der Waals surface area contributed by atoms with Gasteiger partial charge in [-0.05, 0) is 58.1 Å². The Morgan fingerprint density at radius 3 is 2.63 bits per heavy atom. The van der Waals surface area contributed by atoms with Crippen LogP contribution in [0.15, 0.2) is 11.2 Å². The molecule has 27 heavy (non-hydrogen) atoms. The van der Waals surface area contributed by atoms with Crippen LogP contribution < -0.4 is 5.32 Å². The number of hydrogen-bond donors (Lipinski definition) is 1. The van der Waals surface area contributed by atoms with E-state index < -0.39 is 0 Å². The summed E-state index contributed by atoms with van der Waals surface area (Å²) in [5.74, 6) is -0.335. The van der Waals surface area contributed by atoms with Gasteiger partial charge in [-0.2, -0.15) is 0 Å². The molecule has 6 nitrogen and oxygen atoms in total. The number of rotatable bonds is 6. The second-order valence-corrected chi connectivity index (χ2v) is 8.45. The highest BCUT2D eigenvalue weighted by atomic mass is 32.2. The van der Waals surface area contributed by atoms with Crippen molar-refractivity contribution >= 4 is 40.0 Å². The number of nitrogens with one attached hydrogen (secondary N) is 1. The summed E-state index contributed by atoms with van der Waals surface area (Å²) in [6.07, 6.45) is 3.99. The summed E-state index contributed by atoms with van der Waals surface area (Å²) in [5, 5.41) is 4.10. The monoisotopic (exact) mass is 405 g/mol. The van der Waals surface area contributed by atoms with Crippen LogP contribution in [0.25, 0.3) is 0 Å². The molecule has 1 N–H and O–H groups in total. The largest absolute Gasteiger partial charge is 0.462 e. The number of carbonyl (C=O) groups excluding carboxylic acids is 2. The number of aromatic nitrogens is 2. The van der Waals surface area contributed by atoms with E-state index in [1.165, 1.54) is 28.0 Å². The zero-order valence-corrected chi connectivity index (χ0v) is 17.4. The van der Waals surface area contributed by atoms with Crippen LogP contribution in [0.3, 0.4) is 0 Å². The number of anilines is 1. The number of amides is 1. The van der Waals surface area contributed by atoms with Crippen molar-refractivity contribution in [3.8, 4) is 0 Å². The Morgan fingerprint density at radius 2 is 1.93 bits per heavy atom. The van der Waals surface area contributed by atoms with Crippen molar-refractivity contribution in [3.05, 3.63) is 33.5 Å². The normalized spacial score (nSPS) is 13.1. The molecule has 1 amide bonds. The molecule has 144 valence electrons. The second-order valence-electron chi connectivity index (χ2n) is 6.41. The average Bonchev–Trinajstić information content (AvgIpc) is 2.97. The molecule has 3 rings (SSSR count). The minimum atomic E-state index is -0.350. The van der Waals surface area contributed by atoms with E-state index in [0.717, 1.165) is 42.6 Å². The highest BCUT2D eigenvalue weighted by molar-refractivity contribution is 7.99. The van der Waals surface area contributed by atoms with Crippen molar-refractivity contribution in [2.45, 2.75) is 51.6 Å². The zero-order valence-electron chi connectivity index (χ0n) is 15.8. The second kappa shape index (κ2) is 8.84. The lowest BCUT2D eigenvalue weighted by Gasteiger charge is -2.12. The number of hydrogen-bond acceptors (Lipinski definition) is 7. The van der Waals surface area contributed by atoms with Gasteiger partial charge in [-0.3, -0.25) is 4.79 Å². The van der Waals surface area contributed by atoms with E-state index >= 15 is 0 Å². The molecule has 2 heterocycles. The fourth-order valence-corrected chi connectivity index (χ4v) is 5.17. The van der Waals surface area contributed by atoms with E-state index in [9.17, 15) is 9.59 Å². The number of carbonyl (C=O) groups is 2. The third kappa shape index (κ3) is 4.87. The van der Waals surface area contributed by atoms with Crippen molar-refractivity contribution in [2.24, 2.45) is 0 Å². The molecule has 1 aliphatic carbocycles. The number of aryl methyl sites for hydroxylation is 3. The van der Waals surface area contributed by atoms with Gasteiger partial charge in [0.1, 0.15) is 5.00 Å². The van der Waals surface area contributed by atoms with Crippen LogP contribution >= 0.6 is 23.1 Å². The Morgan fingerprint density at radius 1 is 1.22 bits per heavy atom. The maximum absolute atomic E-state index is 12.5. The highest BCUT2D eigenvalue weighted by Gasteiger charge is 2.27. The summed E-state index contributed by atoms with van der Waals surface area (Å²) in [6, 6.07) is 1.89. The fourth-order valence-electron chi connectivity index (χ4n) is 3.12.